The molecule has 2 aromatic carbocycles. The number of thioether (sulfide) groups is 1. The topological polar surface area (TPSA) is 78.1 Å². The molecule has 160 valence electrons. The van der Waals surface area contributed by atoms with Crippen molar-refractivity contribution in [3.05, 3.63) is 111 Å². The Morgan fingerprint density at radius 2 is 1.91 bits per heavy atom. The Hall–Kier alpha value is -3.40. The van der Waals surface area contributed by atoms with Crippen LogP contribution in [-0.2, 0) is 10.5 Å². The van der Waals surface area contributed by atoms with Crippen LogP contribution >= 0.6 is 23.4 Å². The van der Waals surface area contributed by atoms with Gasteiger partial charge in [-0.05, 0) is 42.8 Å². The van der Waals surface area contributed by atoms with Crippen LogP contribution in [-0.4, -0.2) is 5.91 Å². The molecule has 2 N–H and O–H groups in total. The molecule has 0 unspecified atom stereocenters. The summed E-state index contributed by atoms with van der Waals surface area (Å²) in [4.78, 5) is 13.3. The lowest BCUT2D eigenvalue weighted by atomic mass is 9.85. The van der Waals surface area contributed by atoms with Crippen molar-refractivity contribution in [1.82, 2.24) is 5.32 Å². The number of carbonyl (C=O) groups excluding carboxylic acids is 1. The molecule has 0 bridgehead atoms. The van der Waals surface area contributed by atoms with Gasteiger partial charge in [-0.2, -0.15) is 5.26 Å². The lowest BCUT2D eigenvalue weighted by Crippen LogP contribution is -2.30. The third kappa shape index (κ3) is 4.59. The predicted octanol–water partition coefficient (Wildman–Crippen LogP) is 6.20. The van der Waals surface area contributed by atoms with Gasteiger partial charge in [-0.15, -0.1) is 11.8 Å². The Labute approximate surface area is 195 Å². The van der Waals surface area contributed by atoms with Gasteiger partial charge in [0.2, 0.25) is 0 Å². The molecule has 0 spiro atoms. The Morgan fingerprint density at radius 3 is 2.59 bits per heavy atom. The first kappa shape index (κ1) is 21.8. The van der Waals surface area contributed by atoms with E-state index in [1.165, 1.54) is 11.8 Å². The average molecular weight is 462 g/mol. The summed E-state index contributed by atoms with van der Waals surface area (Å²) in [7, 11) is 0. The van der Waals surface area contributed by atoms with E-state index in [4.69, 9.17) is 16.0 Å². The van der Waals surface area contributed by atoms with Crippen LogP contribution in [0.1, 0.15) is 24.2 Å². The van der Waals surface area contributed by atoms with Gasteiger partial charge in [0, 0.05) is 22.2 Å². The van der Waals surface area contributed by atoms with Crippen molar-refractivity contribution in [1.29, 1.82) is 5.26 Å². The average Bonchev–Trinajstić information content (AvgIpc) is 3.33. The second-order valence-electron chi connectivity index (χ2n) is 7.17. The van der Waals surface area contributed by atoms with Crippen LogP contribution in [0.25, 0.3) is 0 Å². The Balaban J connectivity index is 1.68. The molecular weight excluding hydrogens is 442 g/mol. The van der Waals surface area contributed by atoms with E-state index in [0.29, 0.717) is 44.1 Å². The highest BCUT2D eigenvalue weighted by atomic mass is 35.5. The number of benzene rings is 2. The summed E-state index contributed by atoms with van der Waals surface area (Å²) in [5.74, 6) is 0.215. The number of carbonyl (C=O) groups is 1. The minimum atomic E-state index is -0.617. The summed E-state index contributed by atoms with van der Waals surface area (Å²) < 4.78 is 5.66. The standard InChI is InChI=1S/C25H20ClN3O2S/c1-16-22(24(30)29-18-9-3-2-4-10-18)23(21-12-7-13-31-21)19(14-27)25(28-16)32-15-17-8-5-6-11-20(17)26/h2-13,23,28H,15H2,1H3,(H,29,30)/t23-/m1/s1. The number of allylic oxidation sites excluding steroid dienone is 2. The van der Waals surface area contributed by atoms with Crippen molar-refractivity contribution in [3.8, 4) is 6.07 Å². The maximum Gasteiger partial charge on any atom is 0.254 e. The summed E-state index contributed by atoms with van der Waals surface area (Å²) in [5.41, 5.74) is 3.19. The summed E-state index contributed by atoms with van der Waals surface area (Å²) in [6, 6.07) is 22.7. The molecule has 1 aliphatic rings. The zero-order valence-electron chi connectivity index (χ0n) is 17.3. The van der Waals surface area contributed by atoms with E-state index in [0.717, 1.165) is 5.56 Å². The van der Waals surface area contributed by atoms with Crippen LogP contribution in [0.5, 0.6) is 0 Å². The quantitative estimate of drug-likeness (QED) is 0.456. The van der Waals surface area contributed by atoms with E-state index in [1.54, 1.807) is 18.4 Å². The van der Waals surface area contributed by atoms with Gasteiger partial charge in [0.25, 0.3) is 5.91 Å². The number of nitriles is 1. The predicted molar refractivity (Wildman–Crippen MR) is 128 cm³/mol. The molecule has 0 saturated heterocycles. The van der Waals surface area contributed by atoms with Crippen molar-refractivity contribution in [2.45, 2.75) is 18.6 Å². The monoisotopic (exact) mass is 461 g/mol. The fraction of sp³-hybridized carbons (Fsp3) is 0.120. The van der Waals surface area contributed by atoms with E-state index in [2.05, 4.69) is 16.7 Å². The number of nitrogens with zero attached hydrogens (tertiary/aromatic N) is 1. The number of furan rings is 1. The van der Waals surface area contributed by atoms with Gasteiger partial charge in [0.15, 0.2) is 0 Å². The van der Waals surface area contributed by atoms with Crippen LogP contribution in [0.15, 0.2) is 99.3 Å². The second kappa shape index (κ2) is 9.82. The fourth-order valence-corrected chi connectivity index (χ4v) is 4.93. The zero-order valence-corrected chi connectivity index (χ0v) is 18.8. The third-order valence-electron chi connectivity index (χ3n) is 5.08. The van der Waals surface area contributed by atoms with E-state index in [-0.39, 0.29) is 5.91 Å². The lowest BCUT2D eigenvalue weighted by Gasteiger charge is -2.28. The normalized spacial score (nSPS) is 15.8. The van der Waals surface area contributed by atoms with Crippen LogP contribution < -0.4 is 10.6 Å². The van der Waals surface area contributed by atoms with Gasteiger partial charge in [0.1, 0.15) is 5.76 Å². The number of dihydropyridines is 1. The highest BCUT2D eigenvalue weighted by molar-refractivity contribution is 8.02. The van der Waals surface area contributed by atoms with Gasteiger partial charge in [-0.1, -0.05) is 48.0 Å². The first-order chi connectivity index (χ1) is 15.6. The van der Waals surface area contributed by atoms with E-state index in [9.17, 15) is 10.1 Å². The van der Waals surface area contributed by atoms with E-state index >= 15 is 0 Å². The Bertz CT molecular complexity index is 1230. The van der Waals surface area contributed by atoms with Crippen LogP contribution in [0.4, 0.5) is 5.69 Å². The van der Waals surface area contributed by atoms with Crippen molar-refractivity contribution in [3.63, 3.8) is 0 Å². The molecule has 0 radical (unpaired) electrons. The van der Waals surface area contributed by atoms with E-state index in [1.807, 2.05) is 61.5 Å². The molecule has 1 aliphatic heterocycles. The fourth-order valence-electron chi connectivity index (χ4n) is 3.55. The molecule has 0 saturated carbocycles. The number of hydrogen-bond acceptors (Lipinski definition) is 5. The number of halogens is 1. The number of hydrogen-bond donors (Lipinski definition) is 2. The number of nitrogens with one attached hydrogen (secondary N) is 2. The van der Waals surface area contributed by atoms with Crippen molar-refractivity contribution in [2.24, 2.45) is 0 Å². The maximum absolute atomic E-state index is 13.3. The summed E-state index contributed by atoms with van der Waals surface area (Å²) in [5, 5.41) is 17.6. The molecule has 4 rings (SSSR count). The smallest absolute Gasteiger partial charge is 0.254 e. The number of anilines is 1. The van der Waals surface area contributed by atoms with Crippen LogP contribution in [0.3, 0.4) is 0 Å². The number of amides is 1. The van der Waals surface area contributed by atoms with Gasteiger partial charge in [-0.3, -0.25) is 4.79 Å². The highest BCUT2D eigenvalue weighted by Gasteiger charge is 2.36. The first-order valence-corrected chi connectivity index (χ1v) is 11.3. The summed E-state index contributed by atoms with van der Waals surface area (Å²) >= 11 is 7.77. The molecule has 2 heterocycles. The first-order valence-electron chi connectivity index (χ1n) is 9.96. The lowest BCUT2D eigenvalue weighted by molar-refractivity contribution is -0.113. The third-order valence-corrected chi connectivity index (χ3v) is 6.52. The number of para-hydroxylation sites is 1. The molecule has 1 atom stereocenters. The molecule has 1 amide bonds. The largest absolute Gasteiger partial charge is 0.468 e. The highest BCUT2D eigenvalue weighted by Crippen LogP contribution is 2.42. The van der Waals surface area contributed by atoms with Crippen molar-refractivity contribution < 1.29 is 9.21 Å². The van der Waals surface area contributed by atoms with Gasteiger partial charge < -0.3 is 15.1 Å². The molecule has 1 aromatic heterocycles. The van der Waals surface area contributed by atoms with Crippen molar-refractivity contribution in [2.75, 3.05) is 5.32 Å². The minimum Gasteiger partial charge on any atom is -0.468 e. The Kier molecular flexibility index (Phi) is 6.69. The SMILES string of the molecule is CC1=C(C(=O)Nc2ccccc2)[C@@H](c2ccco2)C(C#N)=C(SCc2ccccc2Cl)N1. The van der Waals surface area contributed by atoms with Gasteiger partial charge in [0.05, 0.1) is 34.4 Å². The Morgan fingerprint density at radius 1 is 1.16 bits per heavy atom. The molecule has 32 heavy (non-hydrogen) atoms. The minimum absolute atomic E-state index is 0.287. The summed E-state index contributed by atoms with van der Waals surface area (Å²) in [6.07, 6.45) is 1.55. The maximum atomic E-state index is 13.3. The van der Waals surface area contributed by atoms with Gasteiger partial charge in [-0.25, -0.2) is 0 Å². The number of rotatable bonds is 6. The van der Waals surface area contributed by atoms with Crippen molar-refractivity contribution >= 4 is 35.0 Å². The van der Waals surface area contributed by atoms with Crippen LogP contribution in [0.2, 0.25) is 5.02 Å². The molecule has 0 fully saturated rings. The molecule has 5 nitrogen and oxygen atoms in total. The molecule has 7 heteroatoms. The van der Waals surface area contributed by atoms with E-state index < -0.39 is 5.92 Å². The molecule has 3 aromatic rings. The second-order valence-corrected chi connectivity index (χ2v) is 8.56. The van der Waals surface area contributed by atoms with Crippen LogP contribution in [0, 0.1) is 11.3 Å². The molecular formula is C25H20ClN3O2S. The zero-order chi connectivity index (χ0) is 22.5. The molecule has 0 aliphatic carbocycles. The summed E-state index contributed by atoms with van der Waals surface area (Å²) in [6.45, 7) is 1.83. The van der Waals surface area contributed by atoms with Gasteiger partial charge >= 0.3 is 0 Å².